The number of thiocarbonyl (C=S) groups is 1. The Labute approximate surface area is 186 Å². The van der Waals surface area contributed by atoms with Crippen molar-refractivity contribution in [1.29, 1.82) is 0 Å². The van der Waals surface area contributed by atoms with E-state index in [1.807, 2.05) is 61.2 Å². The predicted octanol–water partition coefficient (Wildman–Crippen LogP) is 7.09. The van der Waals surface area contributed by atoms with Crippen LogP contribution in [0.1, 0.15) is 13.8 Å². The van der Waals surface area contributed by atoms with Crippen LogP contribution in [0.15, 0.2) is 48.7 Å². The fourth-order valence-electron chi connectivity index (χ4n) is 1.56. The van der Waals surface area contributed by atoms with Gasteiger partial charge in [-0.05, 0) is 25.6 Å². The fourth-order valence-corrected chi connectivity index (χ4v) is 2.07. The molecule has 1 aromatic heterocycles. The van der Waals surface area contributed by atoms with Crippen molar-refractivity contribution in [2.45, 2.75) is 13.8 Å². The van der Waals surface area contributed by atoms with Gasteiger partial charge in [0.05, 0.1) is 0 Å². The van der Waals surface area contributed by atoms with E-state index >= 15 is 0 Å². The predicted molar refractivity (Wildman–Crippen MR) is 105 cm³/mol. The Hall–Kier alpha value is -0.770. The topological polar surface area (TPSA) is 16.1 Å². The van der Waals surface area contributed by atoms with Crippen molar-refractivity contribution in [3.63, 3.8) is 0 Å². The van der Waals surface area contributed by atoms with Crippen LogP contribution in [0.4, 0.5) is 25.2 Å². The molecule has 0 amide bonds. The first-order chi connectivity index (χ1) is 12.1. The third kappa shape index (κ3) is 20.0. The number of nitrogens with zero attached hydrogens (tertiary/aromatic N) is 2. The van der Waals surface area contributed by atoms with Crippen molar-refractivity contribution in [1.82, 2.24) is 9.88 Å². The third-order valence-corrected chi connectivity index (χ3v) is 3.19. The zero-order valence-corrected chi connectivity index (χ0v) is 19.5. The Kier molecular flexibility index (Phi) is 12.0. The molecule has 0 bridgehead atoms. The van der Waals surface area contributed by atoms with Crippen LogP contribution in [0.25, 0.3) is 11.3 Å². The van der Waals surface area contributed by atoms with Crippen LogP contribution in [0.3, 0.4) is 0 Å². The normalized spacial score (nSPS) is 12.4. The summed E-state index contributed by atoms with van der Waals surface area (Å²) in [6.07, 6.45) is 1.79. The first kappa shape index (κ1) is 29.4. The molecule has 28 heavy (non-hydrogen) atoms. The molecule has 2 rings (SSSR count). The van der Waals surface area contributed by atoms with E-state index in [1.54, 1.807) is 6.20 Å². The van der Waals surface area contributed by atoms with Gasteiger partial charge in [0.15, 0.2) is 0 Å². The zero-order valence-electron chi connectivity index (χ0n) is 14.8. The molecule has 0 saturated carbocycles. The van der Waals surface area contributed by atoms with Gasteiger partial charge in [-0.3, -0.25) is 0 Å². The minimum absolute atomic E-state index is 0. The Morgan fingerprint density at radius 1 is 1.04 bits per heavy atom. The quantitative estimate of drug-likeness (QED) is 0.0886. The summed E-state index contributed by atoms with van der Waals surface area (Å²) in [6, 6.07) is 16.8. The minimum atomic E-state index is -10.7. The molecular weight excluding hydrogens is 626 g/mol. The SMILES string of the molecule is CCN(CC)C(=S)[S-].F[P-](F)(F)(F)(F)F.[Au+3].[c-]1ccccc1-c1ccccn1. The number of aromatic nitrogens is 1. The molecular formula is C16H18AuF6N2PS2. The van der Waals surface area contributed by atoms with E-state index < -0.39 is 7.81 Å². The molecule has 0 N–H and O–H groups in total. The summed E-state index contributed by atoms with van der Waals surface area (Å²) in [5.74, 6) is 0. The van der Waals surface area contributed by atoms with Gasteiger partial charge >= 0.3 is 55.4 Å². The van der Waals surface area contributed by atoms with Crippen molar-refractivity contribution in [3.8, 4) is 11.3 Å². The van der Waals surface area contributed by atoms with E-state index in [1.165, 1.54) is 0 Å². The van der Waals surface area contributed by atoms with Gasteiger partial charge in [0.2, 0.25) is 0 Å². The molecule has 0 radical (unpaired) electrons. The summed E-state index contributed by atoms with van der Waals surface area (Å²) in [5, 5.41) is 0. The fraction of sp³-hybridized carbons (Fsp3) is 0.250. The van der Waals surface area contributed by atoms with E-state index in [2.05, 4.69) is 11.1 Å². The molecule has 0 atom stereocenters. The molecule has 2 nitrogen and oxygen atoms in total. The summed E-state index contributed by atoms with van der Waals surface area (Å²) < 4.78 is 59.8. The number of hydrogen-bond acceptors (Lipinski definition) is 3. The standard InChI is InChI=1S/C11H8N.C5H11NS2.Au.F6P/c1-2-6-10(7-3-1)11-8-4-5-9-12-11;1-3-6(4-2)5(7)8;;1-7(2,3,4,5)6/h1-6,8-9H;3-4H2,1-2H3,(H,7,8);;/q-1;;+3;-1/p-1. The largest absolute Gasteiger partial charge is 3.00 e. The molecule has 0 saturated heterocycles. The van der Waals surface area contributed by atoms with Crippen LogP contribution in [0, 0.1) is 6.07 Å². The Morgan fingerprint density at radius 3 is 1.82 bits per heavy atom. The van der Waals surface area contributed by atoms with E-state index in [0.29, 0.717) is 4.32 Å². The van der Waals surface area contributed by atoms with Crippen LogP contribution >= 0.6 is 20.0 Å². The van der Waals surface area contributed by atoms with Gasteiger partial charge in [-0.2, -0.15) is 0 Å². The second-order valence-electron chi connectivity index (χ2n) is 4.89. The van der Waals surface area contributed by atoms with Crippen molar-refractivity contribution < 1.29 is 47.6 Å². The Morgan fingerprint density at radius 2 is 1.54 bits per heavy atom. The average molecular weight is 644 g/mol. The van der Waals surface area contributed by atoms with Gasteiger partial charge in [0, 0.05) is 19.3 Å². The van der Waals surface area contributed by atoms with E-state index in [4.69, 9.17) is 24.8 Å². The number of halogens is 6. The maximum absolute atomic E-state index is 10.7. The maximum atomic E-state index is 9.87. The maximum Gasteiger partial charge on any atom is 3.00 e. The van der Waals surface area contributed by atoms with Crippen LogP contribution in [0.2, 0.25) is 0 Å². The summed E-state index contributed by atoms with van der Waals surface area (Å²) in [7, 11) is -10.7. The molecule has 0 fully saturated rings. The minimum Gasteiger partial charge on any atom is -0.305 e. The molecule has 2 aromatic rings. The van der Waals surface area contributed by atoms with Gasteiger partial charge in [0.1, 0.15) is 0 Å². The monoisotopic (exact) mass is 644 g/mol. The third-order valence-electron chi connectivity index (χ3n) is 2.67. The number of pyridine rings is 1. The first-order valence-corrected chi connectivity index (χ1v) is 10.4. The molecule has 0 spiro atoms. The first-order valence-electron chi connectivity index (χ1n) is 7.54. The summed E-state index contributed by atoms with van der Waals surface area (Å²) in [5.41, 5.74) is 2.01. The Balaban J connectivity index is 0. The van der Waals surface area contributed by atoms with Gasteiger partial charge < -0.3 is 34.7 Å². The van der Waals surface area contributed by atoms with Crippen molar-refractivity contribution in [3.05, 3.63) is 54.7 Å². The van der Waals surface area contributed by atoms with Gasteiger partial charge in [-0.25, -0.2) is 0 Å². The molecule has 1 aromatic carbocycles. The van der Waals surface area contributed by atoms with Gasteiger partial charge in [-0.1, -0.05) is 16.5 Å². The van der Waals surface area contributed by atoms with Crippen molar-refractivity contribution >= 4 is 37.0 Å². The van der Waals surface area contributed by atoms with Crippen LogP contribution in [-0.4, -0.2) is 27.3 Å². The number of rotatable bonds is 3. The smallest absolute Gasteiger partial charge is 0.305 e. The van der Waals surface area contributed by atoms with E-state index in [0.717, 1.165) is 24.3 Å². The van der Waals surface area contributed by atoms with Crippen LogP contribution in [-0.2, 0) is 35.0 Å². The second-order valence-corrected chi connectivity index (χ2v) is 7.84. The molecule has 162 valence electrons. The van der Waals surface area contributed by atoms with Gasteiger partial charge in [0.25, 0.3) is 0 Å². The van der Waals surface area contributed by atoms with Crippen molar-refractivity contribution in [2.24, 2.45) is 0 Å². The second kappa shape index (κ2) is 11.4. The molecule has 0 aliphatic carbocycles. The average Bonchev–Trinajstić information content (AvgIpc) is 2.55. The van der Waals surface area contributed by atoms with Gasteiger partial charge in [-0.15, -0.1) is 35.9 Å². The molecule has 0 aliphatic rings. The number of benzene rings is 1. The van der Waals surface area contributed by atoms with E-state index in [9.17, 15) is 25.2 Å². The molecule has 0 unspecified atom stereocenters. The zero-order chi connectivity index (χ0) is 21.2. The summed E-state index contributed by atoms with van der Waals surface area (Å²) in [4.78, 5) is 6.18. The summed E-state index contributed by atoms with van der Waals surface area (Å²) in [6.45, 7) is 5.95. The van der Waals surface area contributed by atoms with Crippen LogP contribution < -0.4 is 0 Å². The van der Waals surface area contributed by atoms with E-state index in [-0.39, 0.29) is 22.4 Å². The van der Waals surface area contributed by atoms with Crippen molar-refractivity contribution in [2.75, 3.05) is 13.1 Å². The van der Waals surface area contributed by atoms with Crippen LogP contribution in [0.5, 0.6) is 0 Å². The summed E-state index contributed by atoms with van der Waals surface area (Å²) >= 11 is 9.51. The molecule has 1 heterocycles. The number of hydrogen-bond donors (Lipinski definition) is 0. The Bertz CT molecular complexity index is 650. The molecule has 0 aliphatic heterocycles. The molecule has 12 heteroatoms.